The molecule has 2 aromatic rings. The van der Waals surface area contributed by atoms with Gasteiger partial charge in [-0.3, -0.25) is 9.59 Å². The van der Waals surface area contributed by atoms with Gasteiger partial charge >= 0.3 is 0 Å². The van der Waals surface area contributed by atoms with E-state index in [0.717, 1.165) is 21.7 Å². The Bertz CT molecular complexity index is 840. The maximum absolute atomic E-state index is 12.9. The average molecular weight is 361 g/mol. The molecule has 2 heterocycles. The molecule has 126 valence electrons. The number of rotatable bonds is 3. The third-order valence-electron chi connectivity index (χ3n) is 4.25. The van der Waals surface area contributed by atoms with E-state index in [1.54, 1.807) is 4.90 Å². The van der Waals surface area contributed by atoms with Gasteiger partial charge in [0.1, 0.15) is 6.04 Å². The molecule has 7 heteroatoms. The first-order valence-corrected chi connectivity index (χ1v) is 9.01. The Kier molecular flexibility index (Phi) is 4.82. The second kappa shape index (κ2) is 6.86. The second-order valence-corrected chi connectivity index (χ2v) is 7.65. The number of aryl methyl sites for hydroxylation is 2. The van der Waals surface area contributed by atoms with E-state index in [1.807, 2.05) is 38.1 Å². The number of hydrogen-bond acceptors (Lipinski definition) is 4. The van der Waals surface area contributed by atoms with Gasteiger partial charge in [-0.1, -0.05) is 24.3 Å². The highest BCUT2D eigenvalue weighted by atomic mass is 32.1. The number of nitrogens with one attached hydrogen (secondary N) is 2. The molecular formula is C17H19N3O2S2. The van der Waals surface area contributed by atoms with E-state index >= 15 is 0 Å². The first kappa shape index (κ1) is 16.9. The normalized spacial score (nSPS) is 17.7. The molecule has 0 spiro atoms. The maximum atomic E-state index is 12.9. The van der Waals surface area contributed by atoms with Crippen molar-refractivity contribution in [3.8, 4) is 0 Å². The summed E-state index contributed by atoms with van der Waals surface area (Å²) in [5.74, 6) is -0.172. The number of aromatic amines is 1. The summed E-state index contributed by atoms with van der Waals surface area (Å²) in [5.41, 5.74) is 2.81. The molecule has 1 aliphatic rings. The molecule has 1 atom stereocenters. The monoisotopic (exact) mass is 361 g/mol. The highest BCUT2D eigenvalue weighted by Gasteiger charge is 2.35. The summed E-state index contributed by atoms with van der Waals surface area (Å²) < 4.78 is 0.669. The average Bonchev–Trinajstić information content (AvgIpc) is 2.85. The molecule has 2 N–H and O–H groups in total. The predicted molar refractivity (Wildman–Crippen MR) is 96.6 cm³/mol. The van der Waals surface area contributed by atoms with E-state index in [0.29, 0.717) is 17.0 Å². The highest BCUT2D eigenvalue weighted by Crippen LogP contribution is 2.27. The van der Waals surface area contributed by atoms with Crippen LogP contribution in [0.5, 0.6) is 0 Å². The third-order valence-corrected chi connectivity index (χ3v) is 5.59. The minimum absolute atomic E-state index is 0.0496. The molecule has 5 nitrogen and oxygen atoms in total. The smallest absolute Gasteiger partial charge is 0.247 e. The van der Waals surface area contributed by atoms with Crippen molar-refractivity contribution in [2.75, 3.05) is 13.1 Å². The molecule has 0 saturated carbocycles. The van der Waals surface area contributed by atoms with Crippen LogP contribution >= 0.6 is 23.6 Å². The number of nitrogens with zero attached hydrogens (tertiary/aromatic N) is 1. The van der Waals surface area contributed by atoms with Crippen molar-refractivity contribution < 1.29 is 9.59 Å². The van der Waals surface area contributed by atoms with Gasteiger partial charge in [0, 0.05) is 23.7 Å². The molecule has 0 radical (unpaired) electrons. The standard InChI is InChI=1S/C17H19N3O2S2/c1-10-5-3-4-6-12(10)15-16(22)18-7-8-20(15)14(21)9-13-11(2)19-17(23)24-13/h3-6,15H,7-9H2,1-2H3,(H,18,22)(H,19,23)/t15-/m1/s1. The van der Waals surface area contributed by atoms with Gasteiger partial charge in [0.15, 0.2) is 3.95 Å². The van der Waals surface area contributed by atoms with Crippen LogP contribution in [0, 0.1) is 17.8 Å². The zero-order chi connectivity index (χ0) is 17.3. The summed E-state index contributed by atoms with van der Waals surface area (Å²) in [6.07, 6.45) is 0.263. The fourth-order valence-corrected chi connectivity index (χ4v) is 4.27. The Labute approximate surface area is 149 Å². The summed E-state index contributed by atoms with van der Waals surface area (Å²) in [7, 11) is 0. The van der Waals surface area contributed by atoms with Crippen molar-refractivity contribution in [2.24, 2.45) is 0 Å². The SMILES string of the molecule is Cc1ccccc1[C@@H]1C(=O)NCCN1C(=O)Cc1sc(=S)[nH]c1C. The lowest BCUT2D eigenvalue weighted by atomic mass is 9.97. The largest absolute Gasteiger partial charge is 0.352 e. The van der Waals surface area contributed by atoms with Crippen molar-refractivity contribution in [1.82, 2.24) is 15.2 Å². The van der Waals surface area contributed by atoms with Gasteiger partial charge in [0.2, 0.25) is 11.8 Å². The number of H-pyrrole nitrogens is 1. The molecule has 24 heavy (non-hydrogen) atoms. The van der Waals surface area contributed by atoms with Crippen molar-refractivity contribution in [3.05, 3.63) is 49.9 Å². The Morgan fingerprint density at radius 3 is 2.79 bits per heavy atom. The van der Waals surface area contributed by atoms with E-state index < -0.39 is 6.04 Å². The molecular weight excluding hydrogens is 342 g/mol. The van der Waals surface area contributed by atoms with E-state index in [1.165, 1.54) is 11.3 Å². The molecule has 1 aliphatic heterocycles. The second-order valence-electron chi connectivity index (χ2n) is 5.88. The number of aromatic nitrogens is 1. The van der Waals surface area contributed by atoms with E-state index in [2.05, 4.69) is 10.3 Å². The van der Waals surface area contributed by atoms with Crippen molar-refractivity contribution >= 4 is 35.4 Å². The zero-order valence-corrected chi connectivity index (χ0v) is 15.2. The topological polar surface area (TPSA) is 65.2 Å². The zero-order valence-electron chi connectivity index (χ0n) is 13.6. The molecule has 0 aliphatic carbocycles. The lowest BCUT2D eigenvalue weighted by molar-refractivity contribution is -0.143. The van der Waals surface area contributed by atoms with Gasteiger partial charge in [-0.2, -0.15) is 0 Å². The van der Waals surface area contributed by atoms with Gasteiger partial charge in [-0.05, 0) is 37.2 Å². The lowest BCUT2D eigenvalue weighted by Crippen LogP contribution is -2.52. The van der Waals surface area contributed by atoms with Crippen LogP contribution in [0.1, 0.15) is 27.7 Å². The van der Waals surface area contributed by atoms with Crippen LogP contribution in [0.2, 0.25) is 0 Å². The van der Waals surface area contributed by atoms with E-state index in [4.69, 9.17) is 12.2 Å². The Hall–Kier alpha value is -1.99. The van der Waals surface area contributed by atoms with Gasteiger partial charge < -0.3 is 15.2 Å². The van der Waals surface area contributed by atoms with Crippen molar-refractivity contribution in [1.29, 1.82) is 0 Å². The van der Waals surface area contributed by atoms with Crippen LogP contribution in [0.4, 0.5) is 0 Å². The first-order valence-electron chi connectivity index (χ1n) is 7.78. The van der Waals surface area contributed by atoms with Crippen LogP contribution in [0.3, 0.4) is 0 Å². The van der Waals surface area contributed by atoms with E-state index in [9.17, 15) is 9.59 Å². The number of amides is 2. The number of benzene rings is 1. The highest BCUT2D eigenvalue weighted by molar-refractivity contribution is 7.73. The van der Waals surface area contributed by atoms with Crippen molar-refractivity contribution in [3.63, 3.8) is 0 Å². The number of piperazine rings is 1. The van der Waals surface area contributed by atoms with Crippen LogP contribution in [-0.4, -0.2) is 34.8 Å². The number of carbonyl (C=O) groups excluding carboxylic acids is 2. The molecule has 2 amide bonds. The Morgan fingerprint density at radius 1 is 1.38 bits per heavy atom. The third kappa shape index (κ3) is 3.27. The molecule has 1 aromatic carbocycles. The predicted octanol–water partition coefficient (Wildman–Crippen LogP) is 2.66. The Morgan fingerprint density at radius 2 is 2.12 bits per heavy atom. The van der Waals surface area contributed by atoms with Gasteiger partial charge in [-0.25, -0.2) is 0 Å². The summed E-state index contributed by atoms with van der Waals surface area (Å²) >= 11 is 6.56. The maximum Gasteiger partial charge on any atom is 0.247 e. The molecule has 3 rings (SSSR count). The summed E-state index contributed by atoms with van der Waals surface area (Å²) in [4.78, 5) is 31.0. The van der Waals surface area contributed by atoms with Gasteiger partial charge in [-0.15, -0.1) is 11.3 Å². The molecule has 1 fully saturated rings. The fourth-order valence-electron chi connectivity index (χ4n) is 2.98. The van der Waals surface area contributed by atoms with Gasteiger partial charge in [0.05, 0.1) is 6.42 Å². The minimum atomic E-state index is -0.570. The molecule has 0 bridgehead atoms. The summed E-state index contributed by atoms with van der Waals surface area (Å²) in [5, 5.41) is 2.87. The summed E-state index contributed by atoms with van der Waals surface area (Å²) in [6.45, 7) is 4.87. The lowest BCUT2D eigenvalue weighted by Gasteiger charge is -2.36. The van der Waals surface area contributed by atoms with Crippen LogP contribution < -0.4 is 5.32 Å². The quantitative estimate of drug-likeness (QED) is 0.826. The number of carbonyl (C=O) groups is 2. The Balaban J connectivity index is 1.90. The van der Waals surface area contributed by atoms with E-state index in [-0.39, 0.29) is 18.2 Å². The molecule has 0 unspecified atom stereocenters. The summed E-state index contributed by atoms with van der Waals surface area (Å²) in [6, 6.07) is 7.13. The van der Waals surface area contributed by atoms with Gasteiger partial charge in [0.25, 0.3) is 0 Å². The number of hydrogen-bond donors (Lipinski definition) is 2. The van der Waals surface area contributed by atoms with Crippen LogP contribution in [-0.2, 0) is 16.0 Å². The van der Waals surface area contributed by atoms with Crippen LogP contribution in [0.15, 0.2) is 24.3 Å². The fraction of sp³-hybridized carbons (Fsp3) is 0.353. The molecule has 1 aromatic heterocycles. The van der Waals surface area contributed by atoms with Crippen molar-refractivity contribution in [2.45, 2.75) is 26.3 Å². The first-order chi connectivity index (χ1) is 11.5. The minimum Gasteiger partial charge on any atom is -0.352 e. The van der Waals surface area contributed by atoms with Crippen LogP contribution in [0.25, 0.3) is 0 Å². The number of thiazole rings is 1. The molecule has 1 saturated heterocycles.